The molecule has 0 bridgehead atoms. The number of rotatable bonds is 0. The Morgan fingerprint density at radius 1 is 0.500 bits per heavy atom. The minimum absolute atomic E-state index is 0. The summed E-state index contributed by atoms with van der Waals surface area (Å²) in [7, 11) is 0. The molecule has 0 aliphatic rings. The van der Waals surface area contributed by atoms with Crippen molar-refractivity contribution in [2.75, 3.05) is 0 Å². The first-order valence-electron chi connectivity index (χ1n) is 0. The molecule has 0 saturated carbocycles. The first kappa shape index (κ1) is 29.5. The van der Waals surface area contributed by atoms with Crippen LogP contribution < -0.4 is 0 Å². The van der Waals surface area contributed by atoms with Gasteiger partial charge in [-0.1, -0.05) is 0 Å². The van der Waals surface area contributed by atoms with E-state index in [1.165, 1.54) is 0 Å². The maximum Gasteiger partial charge on any atom is 0 e. The van der Waals surface area contributed by atoms with Gasteiger partial charge in [-0.15, -0.1) is 0 Å². The standard InChI is InChI=1S/3Zn.Zr. The van der Waals surface area contributed by atoms with Crippen molar-refractivity contribution in [3.05, 3.63) is 0 Å². The van der Waals surface area contributed by atoms with Gasteiger partial charge in [0, 0.05) is 84.6 Å². The molecule has 0 radical (unpaired) electrons. The summed E-state index contributed by atoms with van der Waals surface area (Å²) in [6, 6.07) is 0. The first-order chi connectivity index (χ1) is 0. The quantitative estimate of drug-likeness (QED) is 0.550. The monoisotopic (exact) mass is 282 g/mol. The third-order valence-corrected chi connectivity index (χ3v) is 0. The molecule has 0 amide bonds. The average Bonchev–Trinajstić information content (AvgIpc) is 0. The first-order valence-corrected chi connectivity index (χ1v) is 0. The van der Waals surface area contributed by atoms with Gasteiger partial charge in [-0.2, -0.15) is 0 Å². The third-order valence-electron chi connectivity index (χ3n) is 0. The van der Waals surface area contributed by atoms with Gasteiger partial charge in [0.25, 0.3) is 0 Å². The van der Waals surface area contributed by atoms with Gasteiger partial charge in [-0.25, -0.2) is 0 Å². The van der Waals surface area contributed by atoms with Crippen molar-refractivity contribution in [3.63, 3.8) is 0 Å². The molecule has 4 heavy (non-hydrogen) atoms. The molecule has 0 saturated heterocycles. The molecular weight excluding hydrogens is 287 g/mol. The van der Waals surface area contributed by atoms with Gasteiger partial charge in [-0.3, -0.25) is 0 Å². The average molecular weight is 287 g/mol. The van der Waals surface area contributed by atoms with Crippen LogP contribution in [0.1, 0.15) is 0 Å². The van der Waals surface area contributed by atoms with Crippen molar-refractivity contribution >= 4 is 0 Å². The predicted octanol–water partition coefficient (Wildman–Crippen LogP) is -0.0100. The SMILES string of the molecule is [Zn].[Zn].[Zn].[Zr]. The molecule has 0 unspecified atom stereocenters. The van der Waals surface area contributed by atoms with Crippen molar-refractivity contribution < 1.29 is 84.6 Å². The van der Waals surface area contributed by atoms with Gasteiger partial charge in [0.15, 0.2) is 0 Å². The largest absolute Gasteiger partial charge is 0 e. The molecule has 0 aromatic rings. The van der Waals surface area contributed by atoms with Crippen LogP contribution in [0, 0.1) is 0 Å². The fraction of sp³-hybridized carbons (Fsp3) is 0. The molecule has 0 heterocycles. The second-order valence-corrected chi connectivity index (χ2v) is 0. The Morgan fingerprint density at radius 3 is 0.500 bits per heavy atom. The van der Waals surface area contributed by atoms with Crippen molar-refractivity contribution in [1.29, 1.82) is 0 Å². The molecule has 0 aromatic carbocycles. The zero-order valence-corrected chi connectivity index (χ0v) is 14.0. The molecule has 0 spiro atoms. The predicted molar refractivity (Wildman–Crippen MR) is 0 cm³/mol. The van der Waals surface area contributed by atoms with Crippen LogP contribution in [0.3, 0.4) is 0 Å². The summed E-state index contributed by atoms with van der Waals surface area (Å²) < 4.78 is 0. The van der Waals surface area contributed by atoms with Crippen LogP contribution in [0.15, 0.2) is 0 Å². The van der Waals surface area contributed by atoms with Gasteiger partial charge in [0.05, 0.1) is 0 Å². The smallest absolute Gasteiger partial charge is 0 e. The Bertz CT molecular complexity index is 3.25. The maximum absolute atomic E-state index is 0. The topological polar surface area (TPSA) is 0 Å². The molecule has 0 rings (SSSR count). The summed E-state index contributed by atoms with van der Waals surface area (Å²) >= 11 is 0. The molecule has 0 atom stereocenters. The molecule has 0 N–H and O–H groups in total. The van der Waals surface area contributed by atoms with Crippen molar-refractivity contribution in [2.24, 2.45) is 0 Å². The van der Waals surface area contributed by atoms with Crippen molar-refractivity contribution in [2.45, 2.75) is 0 Å². The summed E-state index contributed by atoms with van der Waals surface area (Å²) in [4.78, 5) is 0. The van der Waals surface area contributed by atoms with E-state index in [0.29, 0.717) is 0 Å². The fourth-order valence-corrected chi connectivity index (χ4v) is 0. The molecule has 4 heteroatoms. The molecule has 0 aliphatic carbocycles. The summed E-state index contributed by atoms with van der Waals surface area (Å²) in [5.41, 5.74) is 0. The Balaban J connectivity index is 0. The van der Waals surface area contributed by atoms with E-state index in [9.17, 15) is 0 Å². The van der Waals surface area contributed by atoms with Crippen LogP contribution >= 0.6 is 0 Å². The van der Waals surface area contributed by atoms with Gasteiger partial charge >= 0.3 is 0 Å². The van der Waals surface area contributed by atoms with E-state index >= 15 is 0 Å². The maximum atomic E-state index is 0. The molecule has 10 valence electrons. The van der Waals surface area contributed by atoms with Crippen molar-refractivity contribution in [1.82, 2.24) is 0 Å². The molecule has 0 aromatic heterocycles. The Morgan fingerprint density at radius 2 is 0.500 bits per heavy atom. The van der Waals surface area contributed by atoms with Crippen LogP contribution in [-0.2, 0) is 84.6 Å². The van der Waals surface area contributed by atoms with Crippen LogP contribution in [-0.4, -0.2) is 0 Å². The summed E-state index contributed by atoms with van der Waals surface area (Å²) in [6.45, 7) is 0. The molecular formula is Zn3Zr. The third kappa shape index (κ3) is 8.83. The number of hydrogen-bond donors (Lipinski definition) is 0. The second-order valence-electron chi connectivity index (χ2n) is 0. The van der Waals surface area contributed by atoms with Gasteiger partial charge < -0.3 is 0 Å². The Hall–Kier alpha value is 2.75. The van der Waals surface area contributed by atoms with E-state index in [0.717, 1.165) is 0 Å². The molecule has 0 fully saturated rings. The van der Waals surface area contributed by atoms with E-state index in [-0.39, 0.29) is 84.6 Å². The van der Waals surface area contributed by atoms with E-state index in [4.69, 9.17) is 0 Å². The molecule has 0 nitrogen and oxygen atoms in total. The van der Waals surface area contributed by atoms with E-state index < -0.39 is 0 Å². The zero-order chi connectivity index (χ0) is 0. The summed E-state index contributed by atoms with van der Waals surface area (Å²) in [6.07, 6.45) is 0. The van der Waals surface area contributed by atoms with Gasteiger partial charge in [0.2, 0.25) is 0 Å². The Kier molecular flexibility index (Phi) is 126. The second kappa shape index (κ2) is 17.1. The zero-order valence-electron chi connectivity index (χ0n) is 2.62. The minimum Gasteiger partial charge on any atom is 0 e. The van der Waals surface area contributed by atoms with E-state index in [1.54, 1.807) is 0 Å². The summed E-state index contributed by atoms with van der Waals surface area (Å²) in [5, 5.41) is 0. The van der Waals surface area contributed by atoms with Gasteiger partial charge in [0.1, 0.15) is 0 Å². The fourth-order valence-electron chi connectivity index (χ4n) is 0. The van der Waals surface area contributed by atoms with E-state index in [2.05, 4.69) is 0 Å². The van der Waals surface area contributed by atoms with Crippen molar-refractivity contribution in [3.8, 4) is 0 Å². The molecule has 0 aliphatic heterocycles. The normalized spacial score (nSPS) is 0. The Labute approximate surface area is 83.3 Å². The number of hydrogen-bond acceptors (Lipinski definition) is 0. The summed E-state index contributed by atoms with van der Waals surface area (Å²) in [5.74, 6) is 0. The van der Waals surface area contributed by atoms with Gasteiger partial charge in [-0.05, 0) is 0 Å². The minimum atomic E-state index is 0. The van der Waals surface area contributed by atoms with Crippen LogP contribution in [0.2, 0.25) is 0 Å². The van der Waals surface area contributed by atoms with E-state index in [1.807, 2.05) is 0 Å². The van der Waals surface area contributed by atoms with Crippen LogP contribution in [0.4, 0.5) is 0 Å². The van der Waals surface area contributed by atoms with Crippen LogP contribution in [0.5, 0.6) is 0 Å². The van der Waals surface area contributed by atoms with Crippen LogP contribution in [0.25, 0.3) is 0 Å².